The van der Waals surface area contributed by atoms with E-state index in [2.05, 4.69) is 15.0 Å². The second-order valence-electron chi connectivity index (χ2n) is 8.19. The van der Waals surface area contributed by atoms with Crippen LogP contribution >= 0.6 is 0 Å². The van der Waals surface area contributed by atoms with Crippen molar-refractivity contribution in [2.24, 2.45) is 5.92 Å². The Balaban J connectivity index is 1.48. The van der Waals surface area contributed by atoms with Gasteiger partial charge in [0.2, 0.25) is 0 Å². The molecule has 2 heterocycles. The zero-order valence-corrected chi connectivity index (χ0v) is 19.2. The van der Waals surface area contributed by atoms with Crippen LogP contribution in [0.25, 0.3) is 0 Å². The van der Waals surface area contributed by atoms with Gasteiger partial charge in [-0.1, -0.05) is 18.2 Å². The highest BCUT2D eigenvalue weighted by Gasteiger charge is 2.27. The van der Waals surface area contributed by atoms with E-state index < -0.39 is 10.0 Å². The minimum absolute atomic E-state index is 0.172. The third-order valence-electron chi connectivity index (χ3n) is 5.77. The summed E-state index contributed by atoms with van der Waals surface area (Å²) >= 11 is 0. The molecule has 2 N–H and O–H groups in total. The normalized spacial score (nSPS) is 15.5. The number of pyridine rings is 1. The summed E-state index contributed by atoms with van der Waals surface area (Å²) in [6, 6.07) is 16.8. The minimum Gasteiger partial charge on any atom is -0.381 e. The fraction of sp³-hybridized carbons (Fsp3) is 0.280. The summed E-state index contributed by atoms with van der Waals surface area (Å²) in [5, 5.41) is 3.15. The van der Waals surface area contributed by atoms with Crippen molar-refractivity contribution in [3.63, 3.8) is 0 Å². The van der Waals surface area contributed by atoms with E-state index in [-0.39, 0.29) is 22.8 Å². The third kappa shape index (κ3) is 5.77. The van der Waals surface area contributed by atoms with Gasteiger partial charge in [-0.2, -0.15) is 0 Å². The molecular weight excluding hydrogens is 438 g/mol. The van der Waals surface area contributed by atoms with Gasteiger partial charge in [-0.25, -0.2) is 8.42 Å². The molecule has 1 amide bonds. The molecule has 4 rings (SSSR count). The Kier molecular flexibility index (Phi) is 7.05. The average Bonchev–Trinajstić information content (AvgIpc) is 2.84. The van der Waals surface area contributed by atoms with Crippen LogP contribution in [0.1, 0.15) is 40.4 Å². The average molecular weight is 466 g/mol. The number of aromatic nitrogens is 1. The Morgan fingerprint density at radius 2 is 1.82 bits per heavy atom. The summed E-state index contributed by atoms with van der Waals surface area (Å²) in [6.45, 7) is 3.19. The molecule has 0 saturated carbocycles. The summed E-state index contributed by atoms with van der Waals surface area (Å²) in [6.07, 6.45) is 5.21. The van der Waals surface area contributed by atoms with Gasteiger partial charge < -0.3 is 10.1 Å². The zero-order chi connectivity index (χ0) is 23.3. The van der Waals surface area contributed by atoms with E-state index in [4.69, 9.17) is 4.74 Å². The van der Waals surface area contributed by atoms with Gasteiger partial charge in [-0.15, -0.1) is 0 Å². The van der Waals surface area contributed by atoms with Gasteiger partial charge in [0.15, 0.2) is 0 Å². The van der Waals surface area contributed by atoms with Crippen LogP contribution in [0.2, 0.25) is 0 Å². The Morgan fingerprint density at radius 1 is 1.06 bits per heavy atom. The predicted molar refractivity (Wildman–Crippen MR) is 126 cm³/mol. The molecule has 1 atom stereocenters. The summed E-state index contributed by atoms with van der Waals surface area (Å²) in [7, 11) is -3.71. The van der Waals surface area contributed by atoms with E-state index in [0.717, 1.165) is 24.0 Å². The largest absolute Gasteiger partial charge is 0.381 e. The van der Waals surface area contributed by atoms with Crippen LogP contribution < -0.4 is 10.0 Å². The number of hydrogen-bond acceptors (Lipinski definition) is 5. The van der Waals surface area contributed by atoms with Crippen molar-refractivity contribution in [1.82, 2.24) is 10.3 Å². The number of sulfonamides is 1. The molecule has 8 heteroatoms. The monoisotopic (exact) mass is 465 g/mol. The van der Waals surface area contributed by atoms with Crippen molar-refractivity contribution >= 4 is 21.6 Å². The maximum Gasteiger partial charge on any atom is 0.261 e. The number of rotatable bonds is 7. The maximum absolute atomic E-state index is 13.0. The number of amides is 1. The number of ether oxygens (including phenoxy) is 1. The molecule has 1 saturated heterocycles. The van der Waals surface area contributed by atoms with Crippen LogP contribution in [0.3, 0.4) is 0 Å². The molecule has 0 bridgehead atoms. The highest BCUT2D eigenvalue weighted by Crippen LogP contribution is 2.30. The highest BCUT2D eigenvalue weighted by molar-refractivity contribution is 7.92. The molecule has 1 fully saturated rings. The Bertz CT molecular complexity index is 1190. The first-order valence-electron chi connectivity index (χ1n) is 10.9. The highest BCUT2D eigenvalue weighted by atomic mass is 32.2. The van der Waals surface area contributed by atoms with Gasteiger partial charge in [-0.05, 0) is 79.3 Å². The molecule has 172 valence electrons. The fourth-order valence-corrected chi connectivity index (χ4v) is 5.16. The fourth-order valence-electron chi connectivity index (χ4n) is 3.99. The lowest BCUT2D eigenvalue weighted by Crippen LogP contribution is -2.36. The van der Waals surface area contributed by atoms with E-state index in [9.17, 15) is 13.2 Å². The topological polar surface area (TPSA) is 97.4 Å². The number of carbonyl (C=O) groups is 1. The van der Waals surface area contributed by atoms with Crippen LogP contribution in [-0.4, -0.2) is 32.5 Å². The standard InChI is InChI=1S/C25H27N3O4S/c1-18-4-2-6-23(16-18)33(30,31)28-22-9-7-20(8-10-22)25(29)27-24(19-11-14-32-15-12-19)21-5-3-13-26-17-21/h2-10,13,16-17,19,24,28H,11-12,14-15H2,1H3,(H,27,29). The quantitative estimate of drug-likeness (QED) is 0.548. The first kappa shape index (κ1) is 22.9. The Hall–Kier alpha value is -3.23. The molecule has 7 nitrogen and oxygen atoms in total. The van der Waals surface area contributed by atoms with Gasteiger partial charge >= 0.3 is 0 Å². The minimum atomic E-state index is -3.71. The van der Waals surface area contributed by atoms with Gasteiger partial charge in [0.1, 0.15) is 0 Å². The number of carbonyl (C=O) groups excluding carboxylic acids is 1. The SMILES string of the molecule is Cc1cccc(S(=O)(=O)Nc2ccc(C(=O)NC(c3cccnc3)C3CCOCC3)cc2)c1. The summed E-state index contributed by atoms with van der Waals surface area (Å²) in [5.41, 5.74) is 2.66. The van der Waals surface area contributed by atoms with Gasteiger partial charge in [0.25, 0.3) is 15.9 Å². The number of benzene rings is 2. The van der Waals surface area contributed by atoms with Crippen molar-refractivity contribution in [3.05, 3.63) is 89.7 Å². The molecule has 1 aliphatic heterocycles. The van der Waals surface area contributed by atoms with Gasteiger partial charge in [-0.3, -0.25) is 14.5 Å². The van der Waals surface area contributed by atoms with Crippen molar-refractivity contribution in [3.8, 4) is 0 Å². The molecule has 0 aliphatic carbocycles. The number of aryl methyl sites for hydroxylation is 1. The summed E-state index contributed by atoms with van der Waals surface area (Å²) in [4.78, 5) is 17.4. The predicted octanol–water partition coefficient (Wildman–Crippen LogP) is 4.09. The summed E-state index contributed by atoms with van der Waals surface area (Å²) in [5.74, 6) is 0.0377. The number of anilines is 1. The van der Waals surface area contributed by atoms with Crippen molar-refractivity contribution in [1.29, 1.82) is 0 Å². The van der Waals surface area contributed by atoms with E-state index >= 15 is 0 Å². The molecule has 33 heavy (non-hydrogen) atoms. The Labute approximate surface area is 194 Å². The zero-order valence-electron chi connectivity index (χ0n) is 18.4. The lowest BCUT2D eigenvalue weighted by atomic mass is 9.87. The van der Waals surface area contributed by atoms with E-state index in [1.54, 1.807) is 54.9 Å². The van der Waals surface area contributed by atoms with Crippen molar-refractivity contribution in [2.75, 3.05) is 17.9 Å². The van der Waals surface area contributed by atoms with Crippen LogP contribution in [0.5, 0.6) is 0 Å². The number of hydrogen-bond donors (Lipinski definition) is 2. The van der Waals surface area contributed by atoms with Crippen molar-refractivity contribution < 1.29 is 17.9 Å². The first-order valence-corrected chi connectivity index (χ1v) is 12.4. The number of nitrogens with one attached hydrogen (secondary N) is 2. The summed E-state index contributed by atoms with van der Waals surface area (Å²) < 4.78 is 33.3. The number of nitrogens with zero attached hydrogens (tertiary/aromatic N) is 1. The third-order valence-corrected chi connectivity index (χ3v) is 7.15. The van der Waals surface area contributed by atoms with E-state index in [1.165, 1.54) is 0 Å². The molecular formula is C25H27N3O4S. The molecule has 0 radical (unpaired) electrons. The molecule has 3 aromatic rings. The first-order chi connectivity index (χ1) is 15.9. The molecule has 2 aromatic carbocycles. The maximum atomic E-state index is 13.0. The van der Waals surface area contributed by atoms with Crippen LogP contribution in [0.15, 0.2) is 78.0 Å². The van der Waals surface area contributed by atoms with Crippen LogP contribution in [0.4, 0.5) is 5.69 Å². The van der Waals surface area contributed by atoms with E-state index in [1.807, 2.05) is 25.1 Å². The lowest BCUT2D eigenvalue weighted by molar-refractivity contribution is 0.0513. The van der Waals surface area contributed by atoms with Gasteiger partial charge in [0, 0.05) is 36.9 Å². The lowest BCUT2D eigenvalue weighted by Gasteiger charge is -2.31. The molecule has 1 aliphatic rings. The van der Waals surface area contributed by atoms with Crippen molar-refractivity contribution in [2.45, 2.75) is 30.7 Å². The second kappa shape index (κ2) is 10.1. The molecule has 1 aromatic heterocycles. The van der Waals surface area contributed by atoms with Crippen LogP contribution in [-0.2, 0) is 14.8 Å². The van der Waals surface area contributed by atoms with Crippen LogP contribution in [0, 0.1) is 12.8 Å². The van der Waals surface area contributed by atoms with E-state index in [0.29, 0.717) is 24.5 Å². The molecule has 1 unspecified atom stereocenters. The Morgan fingerprint density at radius 3 is 2.48 bits per heavy atom. The smallest absolute Gasteiger partial charge is 0.261 e. The molecule has 0 spiro atoms. The second-order valence-corrected chi connectivity index (χ2v) is 9.87. The van der Waals surface area contributed by atoms with Gasteiger partial charge in [0.05, 0.1) is 10.9 Å².